The molecule has 0 atom stereocenters. The summed E-state index contributed by atoms with van der Waals surface area (Å²) >= 11 is 0. The number of para-hydroxylation sites is 3. The van der Waals surface area contributed by atoms with Gasteiger partial charge in [-0.3, -0.25) is 0 Å². The lowest BCUT2D eigenvalue weighted by molar-refractivity contribution is 0.668. The lowest BCUT2D eigenvalue weighted by Crippen LogP contribution is -2.01. The molecule has 0 fully saturated rings. The maximum absolute atomic E-state index is 10.0. The minimum atomic E-state index is -0.469. The lowest BCUT2D eigenvalue weighted by atomic mass is 9.96. The highest BCUT2D eigenvalue weighted by Gasteiger charge is 2.21. The third kappa shape index (κ3) is 4.98. The Morgan fingerprint density at radius 1 is 0.407 bits per heavy atom. The molecule has 11 rings (SSSR count). The van der Waals surface area contributed by atoms with Crippen molar-refractivity contribution in [3.8, 4) is 56.4 Å². The molecule has 5 heteroatoms. The van der Waals surface area contributed by atoms with E-state index in [1.54, 1.807) is 36.4 Å². The largest absolute Gasteiger partial charge is 0.456 e. The van der Waals surface area contributed by atoms with Crippen LogP contribution in [0, 0.1) is 0 Å². The number of furan rings is 2. The smallest absolute Gasteiger partial charge is 0.164 e. The Bertz CT molecular complexity index is 3670. The number of rotatable bonds is 5. The average Bonchev–Trinajstić information content (AvgIpc) is 3.86. The van der Waals surface area contributed by atoms with Gasteiger partial charge in [0.2, 0.25) is 0 Å². The minimum Gasteiger partial charge on any atom is -0.456 e. The van der Waals surface area contributed by atoms with Gasteiger partial charge < -0.3 is 8.83 Å². The Labute approximate surface area is 321 Å². The molecule has 0 amide bonds. The third-order valence-electron chi connectivity index (χ3n) is 9.76. The summed E-state index contributed by atoms with van der Waals surface area (Å²) in [6.07, 6.45) is 0. The fourth-order valence-corrected chi connectivity index (χ4v) is 7.19. The molecule has 0 aliphatic heterocycles. The van der Waals surface area contributed by atoms with Crippen LogP contribution < -0.4 is 0 Å². The molecule has 252 valence electrons. The van der Waals surface area contributed by atoms with Gasteiger partial charge in [-0.2, -0.15) is 0 Å². The predicted octanol–water partition coefficient (Wildman–Crippen LogP) is 13.2. The van der Waals surface area contributed by atoms with Crippen LogP contribution in [-0.2, 0) is 0 Å². The van der Waals surface area contributed by atoms with Crippen molar-refractivity contribution in [1.82, 2.24) is 15.0 Å². The summed E-state index contributed by atoms with van der Waals surface area (Å²) in [5, 5.41) is 4.73. The first-order chi connectivity index (χ1) is 30.0. The monoisotopic (exact) mass is 699 g/mol. The second-order valence-electron chi connectivity index (χ2n) is 13.0. The molecule has 3 heterocycles. The standard InChI is InChI=1S/C49H29N3O2/c1-2-11-30(12-3-1)32-21-24-33(25-22-32)47-50-48(35-26-23-31-13-4-5-14-34(31)27-35)52-49(51-47)41-28-36(29-44-45(41)40-16-7-9-20-43(40)53-44)37-17-10-18-39-38-15-6-8-19-42(38)54-46(37)39/h1-29H/i1D,2D,3D,7D,11D,12D,20D,28D. The molecule has 3 aromatic heterocycles. The summed E-state index contributed by atoms with van der Waals surface area (Å²) in [5.74, 6) is 0.710. The molecule has 5 nitrogen and oxygen atoms in total. The zero-order chi connectivity index (χ0) is 42.6. The summed E-state index contributed by atoms with van der Waals surface area (Å²) in [6, 6.07) is 37.2. The Morgan fingerprint density at radius 2 is 1.15 bits per heavy atom. The quantitative estimate of drug-likeness (QED) is 0.179. The average molecular weight is 700 g/mol. The van der Waals surface area contributed by atoms with Crippen molar-refractivity contribution in [3.63, 3.8) is 0 Å². The van der Waals surface area contributed by atoms with Gasteiger partial charge in [0, 0.05) is 43.8 Å². The number of fused-ring (bicyclic) bond motifs is 7. The van der Waals surface area contributed by atoms with Gasteiger partial charge in [-0.1, -0.05) is 145 Å². The van der Waals surface area contributed by atoms with Crippen molar-refractivity contribution >= 4 is 54.6 Å². The van der Waals surface area contributed by atoms with Crippen LogP contribution in [0.5, 0.6) is 0 Å². The fourth-order valence-electron chi connectivity index (χ4n) is 7.19. The number of hydrogen-bond acceptors (Lipinski definition) is 5. The minimum absolute atomic E-state index is 0.0227. The molecule has 54 heavy (non-hydrogen) atoms. The van der Waals surface area contributed by atoms with Crippen molar-refractivity contribution < 1.29 is 19.8 Å². The van der Waals surface area contributed by atoms with Crippen LogP contribution >= 0.6 is 0 Å². The van der Waals surface area contributed by atoms with Crippen LogP contribution in [0.4, 0.5) is 0 Å². The first-order valence-corrected chi connectivity index (χ1v) is 17.3. The van der Waals surface area contributed by atoms with Gasteiger partial charge in [0.05, 0.1) is 11.0 Å². The van der Waals surface area contributed by atoms with Gasteiger partial charge in [-0.25, -0.2) is 15.0 Å². The van der Waals surface area contributed by atoms with Crippen molar-refractivity contribution in [3.05, 3.63) is 176 Å². The molecule has 0 spiro atoms. The molecule has 11 aromatic rings. The van der Waals surface area contributed by atoms with E-state index in [1.807, 2.05) is 84.9 Å². The van der Waals surface area contributed by atoms with Crippen molar-refractivity contribution in [2.75, 3.05) is 0 Å². The van der Waals surface area contributed by atoms with Crippen LogP contribution in [0.25, 0.3) is 111 Å². The summed E-state index contributed by atoms with van der Waals surface area (Å²) < 4.78 is 81.8. The zero-order valence-corrected chi connectivity index (χ0v) is 28.3. The zero-order valence-electron chi connectivity index (χ0n) is 36.3. The van der Waals surface area contributed by atoms with Gasteiger partial charge in [-0.05, 0) is 57.7 Å². The highest BCUT2D eigenvalue weighted by atomic mass is 16.3. The Hall–Kier alpha value is -7.37. The second-order valence-corrected chi connectivity index (χ2v) is 13.0. The van der Waals surface area contributed by atoms with Crippen LogP contribution in [0.3, 0.4) is 0 Å². The van der Waals surface area contributed by atoms with E-state index < -0.39 is 18.1 Å². The molecular formula is C49H29N3O2. The van der Waals surface area contributed by atoms with E-state index in [4.69, 9.17) is 33.4 Å². The maximum atomic E-state index is 10.0. The van der Waals surface area contributed by atoms with Crippen molar-refractivity contribution in [2.24, 2.45) is 0 Å². The van der Waals surface area contributed by atoms with Crippen molar-refractivity contribution in [2.45, 2.75) is 0 Å². The fraction of sp³-hybridized carbons (Fsp3) is 0. The van der Waals surface area contributed by atoms with E-state index in [2.05, 4.69) is 0 Å². The second kappa shape index (κ2) is 12.1. The maximum Gasteiger partial charge on any atom is 0.164 e. The summed E-state index contributed by atoms with van der Waals surface area (Å²) in [4.78, 5) is 15.1. The number of benzene rings is 8. The van der Waals surface area contributed by atoms with E-state index in [0.29, 0.717) is 66.7 Å². The number of nitrogens with zero attached hydrogens (tertiary/aromatic N) is 3. The van der Waals surface area contributed by atoms with Gasteiger partial charge in [0.1, 0.15) is 22.3 Å². The van der Waals surface area contributed by atoms with E-state index in [1.165, 1.54) is 6.07 Å². The summed E-state index contributed by atoms with van der Waals surface area (Å²) in [5.41, 5.74) is 5.05. The first kappa shape index (κ1) is 23.2. The van der Waals surface area contributed by atoms with Crippen LogP contribution in [0.15, 0.2) is 185 Å². The molecule has 0 unspecified atom stereocenters. The van der Waals surface area contributed by atoms with Crippen LogP contribution in [0.2, 0.25) is 0 Å². The Morgan fingerprint density at radius 3 is 2.04 bits per heavy atom. The predicted molar refractivity (Wildman–Crippen MR) is 219 cm³/mol. The number of hydrogen-bond donors (Lipinski definition) is 0. The molecule has 0 saturated carbocycles. The molecule has 0 aliphatic rings. The summed E-state index contributed by atoms with van der Waals surface area (Å²) in [6.45, 7) is 0. The molecule has 0 bridgehead atoms. The van der Waals surface area contributed by atoms with E-state index in [-0.39, 0.29) is 53.0 Å². The number of aromatic nitrogens is 3. The third-order valence-corrected chi connectivity index (χ3v) is 9.76. The molecule has 0 saturated heterocycles. The normalized spacial score (nSPS) is 13.8. The van der Waals surface area contributed by atoms with Gasteiger partial charge in [0.15, 0.2) is 17.5 Å². The van der Waals surface area contributed by atoms with Gasteiger partial charge >= 0.3 is 0 Å². The SMILES string of the molecule is [2H]c1cc([2H])c2oc3cc(-c4cccc5c4oc4ccccc45)c([2H])c(-c4nc(-c5ccc(-c6c([2H])c([2H])c([2H])c([2H])c6[2H])cc5)nc(-c5ccc6ccccc6c5)n4)c3c2c1. The van der Waals surface area contributed by atoms with Gasteiger partial charge in [0.25, 0.3) is 0 Å². The van der Waals surface area contributed by atoms with E-state index in [0.717, 1.165) is 21.5 Å². The Kier molecular flexibility index (Phi) is 5.21. The Balaban J connectivity index is 1.19. The topological polar surface area (TPSA) is 65.0 Å². The molecular weight excluding hydrogens is 663 g/mol. The van der Waals surface area contributed by atoms with Crippen LogP contribution in [0.1, 0.15) is 11.0 Å². The molecule has 0 N–H and O–H groups in total. The highest BCUT2D eigenvalue weighted by molar-refractivity contribution is 6.15. The molecule has 0 aliphatic carbocycles. The first-order valence-electron chi connectivity index (χ1n) is 21.3. The molecule has 8 aromatic carbocycles. The van der Waals surface area contributed by atoms with E-state index >= 15 is 0 Å². The highest BCUT2D eigenvalue weighted by Crippen LogP contribution is 2.42. The van der Waals surface area contributed by atoms with Crippen molar-refractivity contribution in [1.29, 1.82) is 0 Å². The lowest BCUT2D eigenvalue weighted by Gasteiger charge is -2.12. The summed E-state index contributed by atoms with van der Waals surface area (Å²) in [7, 11) is 0. The molecule has 0 radical (unpaired) electrons. The van der Waals surface area contributed by atoms with Gasteiger partial charge in [-0.15, -0.1) is 0 Å². The van der Waals surface area contributed by atoms with Crippen LogP contribution in [-0.4, -0.2) is 15.0 Å². The van der Waals surface area contributed by atoms with E-state index in [9.17, 15) is 1.37 Å².